The molecule has 3 aromatic rings. The van der Waals surface area contributed by atoms with Crippen molar-refractivity contribution in [2.45, 2.75) is 0 Å². The van der Waals surface area contributed by atoms with Gasteiger partial charge in [-0.05, 0) is 59.7 Å². The van der Waals surface area contributed by atoms with E-state index in [1.165, 1.54) is 71.0 Å². The number of halogens is 2. The molecule has 0 atom stereocenters. The van der Waals surface area contributed by atoms with Crippen molar-refractivity contribution in [3.05, 3.63) is 89.1 Å². The summed E-state index contributed by atoms with van der Waals surface area (Å²) in [5.41, 5.74) is 1.93. The van der Waals surface area contributed by atoms with Crippen LogP contribution in [0.15, 0.2) is 60.8 Å². The van der Waals surface area contributed by atoms with Crippen molar-refractivity contribution in [2.24, 2.45) is 0 Å². The molecule has 0 radical (unpaired) electrons. The molecule has 0 fully saturated rings. The smallest absolute Gasteiger partial charge is 0.203 e. The number of nitrogens with one attached hydrogen (secondary N) is 1. The molecule has 0 aliphatic heterocycles. The van der Waals surface area contributed by atoms with Crippen LogP contribution in [0.1, 0.15) is 21.5 Å². The Balaban J connectivity index is 1.85. The number of rotatable bonds is 10. The van der Waals surface area contributed by atoms with Crippen molar-refractivity contribution in [3.63, 3.8) is 0 Å². The number of anilines is 1. The first-order valence-electron chi connectivity index (χ1n) is 10.5. The Morgan fingerprint density at radius 3 is 1.89 bits per heavy atom. The Morgan fingerprint density at radius 1 is 0.771 bits per heavy atom. The summed E-state index contributed by atoms with van der Waals surface area (Å²) in [6.45, 7) is 0. The molecule has 0 spiro atoms. The minimum atomic E-state index is -0.583. The fourth-order valence-corrected chi connectivity index (χ4v) is 3.33. The van der Waals surface area contributed by atoms with Crippen LogP contribution in [0.3, 0.4) is 0 Å². The van der Waals surface area contributed by atoms with Crippen LogP contribution < -0.4 is 24.3 Å². The first-order chi connectivity index (χ1) is 16.9. The Morgan fingerprint density at radius 2 is 1.34 bits per heavy atom. The second-order valence-corrected chi connectivity index (χ2v) is 7.22. The van der Waals surface area contributed by atoms with E-state index in [1.807, 2.05) is 0 Å². The maximum absolute atomic E-state index is 14.7. The zero-order valence-corrected chi connectivity index (χ0v) is 19.7. The molecule has 0 heterocycles. The molecule has 0 unspecified atom stereocenters. The SMILES string of the molecule is COc1cc(/C=C\c2cc(F)c(OC)c(N/C=C\C(=O)c3ccc(F)cc3)c2)cc(OC)c1OC. The molecule has 8 heteroatoms. The highest BCUT2D eigenvalue weighted by molar-refractivity contribution is 6.04. The van der Waals surface area contributed by atoms with E-state index in [0.29, 0.717) is 34.1 Å². The van der Waals surface area contributed by atoms with Crippen LogP contribution in [0.5, 0.6) is 23.0 Å². The van der Waals surface area contributed by atoms with Gasteiger partial charge < -0.3 is 24.3 Å². The molecule has 0 aliphatic rings. The van der Waals surface area contributed by atoms with Crippen LogP contribution in [0.25, 0.3) is 12.2 Å². The van der Waals surface area contributed by atoms with Crippen molar-refractivity contribution < 1.29 is 32.5 Å². The van der Waals surface area contributed by atoms with E-state index in [0.717, 1.165) is 5.56 Å². The number of ketones is 1. The predicted octanol–water partition coefficient (Wildman–Crippen LogP) is 5.98. The largest absolute Gasteiger partial charge is 0.493 e. The van der Waals surface area contributed by atoms with Crippen LogP contribution in [-0.4, -0.2) is 34.2 Å². The molecule has 0 aromatic heterocycles. The summed E-state index contributed by atoms with van der Waals surface area (Å²) >= 11 is 0. The average molecular weight is 481 g/mol. The minimum Gasteiger partial charge on any atom is -0.493 e. The number of carbonyl (C=O) groups excluding carboxylic acids is 1. The summed E-state index contributed by atoms with van der Waals surface area (Å²) in [4.78, 5) is 12.2. The second-order valence-electron chi connectivity index (χ2n) is 7.22. The lowest BCUT2D eigenvalue weighted by atomic mass is 10.1. The van der Waals surface area contributed by atoms with E-state index >= 15 is 0 Å². The molecule has 3 rings (SSSR count). The van der Waals surface area contributed by atoms with Crippen molar-refractivity contribution >= 4 is 23.6 Å². The number of hydrogen-bond acceptors (Lipinski definition) is 6. The molecular formula is C27H25F2NO5. The number of benzene rings is 3. The monoisotopic (exact) mass is 481 g/mol. The first kappa shape index (κ1) is 25.3. The van der Waals surface area contributed by atoms with Gasteiger partial charge in [0.1, 0.15) is 5.82 Å². The Labute approximate surface area is 202 Å². The Hall–Kier alpha value is -4.33. The van der Waals surface area contributed by atoms with Gasteiger partial charge in [0.05, 0.1) is 34.1 Å². The zero-order valence-electron chi connectivity index (χ0n) is 19.7. The van der Waals surface area contributed by atoms with Gasteiger partial charge in [-0.2, -0.15) is 0 Å². The summed E-state index contributed by atoms with van der Waals surface area (Å²) in [5.74, 6) is 0.0947. The third-order valence-corrected chi connectivity index (χ3v) is 5.03. The van der Waals surface area contributed by atoms with Crippen molar-refractivity contribution in [3.8, 4) is 23.0 Å². The van der Waals surface area contributed by atoms with Crippen molar-refractivity contribution in [1.82, 2.24) is 0 Å². The summed E-state index contributed by atoms with van der Waals surface area (Å²) < 4.78 is 48.9. The van der Waals surface area contributed by atoms with E-state index in [9.17, 15) is 13.6 Å². The third kappa shape index (κ3) is 6.17. The van der Waals surface area contributed by atoms with Gasteiger partial charge in [0.25, 0.3) is 0 Å². The molecule has 0 aliphatic carbocycles. The van der Waals surface area contributed by atoms with Crippen LogP contribution in [0.2, 0.25) is 0 Å². The fraction of sp³-hybridized carbons (Fsp3) is 0.148. The van der Waals surface area contributed by atoms with E-state index in [-0.39, 0.29) is 11.5 Å². The highest BCUT2D eigenvalue weighted by Gasteiger charge is 2.13. The van der Waals surface area contributed by atoms with Crippen LogP contribution >= 0.6 is 0 Å². The molecule has 182 valence electrons. The first-order valence-corrected chi connectivity index (χ1v) is 10.5. The highest BCUT2D eigenvalue weighted by atomic mass is 19.1. The molecule has 0 saturated carbocycles. The predicted molar refractivity (Wildman–Crippen MR) is 131 cm³/mol. The summed E-state index contributed by atoms with van der Waals surface area (Å²) in [6, 6.07) is 11.7. The second kappa shape index (κ2) is 11.7. The molecule has 3 aromatic carbocycles. The number of hydrogen-bond donors (Lipinski definition) is 1. The topological polar surface area (TPSA) is 66.0 Å². The zero-order chi connectivity index (χ0) is 25.4. The molecule has 35 heavy (non-hydrogen) atoms. The number of allylic oxidation sites excluding steroid dienone is 1. The third-order valence-electron chi connectivity index (χ3n) is 5.03. The molecule has 1 N–H and O–H groups in total. The van der Waals surface area contributed by atoms with Crippen LogP contribution in [-0.2, 0) is 0 Å². The van der Waals surface area contributed by atoms with Gasteiger partial charge in [-0.15, -0.1) is 0 Å². The fourth-order valence-electron chi connectivity index (χ4n) is 3.33. The number of carbonyl (C=O) groups is 1. The van der Waals surface area contributed by atoms with Gasteiger partial charge >= 0.3 is 0 Å². The van der Waals surface area contributed by atoms with E-state index < -0.39 is 11.6 Å². The van der Waals surface area contributed by atoms with Crippen LogP contribution in [0, 0.1) is 11.6 Å². The lowest BCUT2D eigenvalue weighted by Crippen LogP contribution is -1.99. The van der Waals surface area contributed by atoms with Gasteiger partial charge in [-0.1, -0.05) is 12.2 Å². The lowest BCUT2D eigenvalue weighted by Gasteiger charge is -2.13. The summed E-state index contributed by atoms with van der Waals surface area (Å²) in [7, 11) is 5.92. The van der Waals surface area contributed by atoms with Gasteiger partial charge in [0.2, 0.25) is 5.75 Å². The van der Waals surface area contributed by atoms with E-state index in [1.54, 1.807) is 30.4 Å². The Kier molecular flexibility index (Phi) is 8.45. The van der Waals surface area contributed by atoms with E-state index in [4.69, 9.17) is 18.9 Å². The highest BCUT2D eigenvalue weighted by Crippen LogP contribution is 2.39. The standard InChI is InChI=1S/C27H25F2NO5/c1-32-24-15-18(16-25(33-2)27(24)35-4)6-5-17-13-21(29)26(34-3)22(14-17)30-12-11-23(31)19-7-9-20(28)10-8-19/h5-16,30H,1-4H3/b6-5-,12-11-. The molecule has 0 bridgehead atoms. The van der Waals surface area contributed by atoms with Crippen molar-refractivity contribution in [2.75, 3.05) is 33.8 Å². The maximum Gasteiger partial charge on any atom is 0.203 e. The number of ether oxygens (including phenoxy) is 4. The number of methoxy groups -OCH3 is 4. The molecular weight excluding hydrogens is 456 g/mol. The summed E-state index contributed by atoms with van der Waals surface area (Å²) in [5, 5.41) is 2.88. The molecule has 0 saturated heterocycles. The quantitative estimate of drug-likeness (QED) is 0.218. The normalized spacial score (nSPS) is 11.0. The van der Waals surface area contributed by atoms with Gasteiger partial charge in [-0.3, -0.25) is 4.79 Å². The summed E-state index contributed by atoms with van der Waals surface area (Å²) in [6.07, 6.45) is 6.11. The van der Waals surface area contributed by atoms with Gasteiger partial charge in [0.15, 0.2) is 28.8 Å². The molecule has 6 nitrogen and oxygen atoms in total. The maximum atomic E-state index is 14.7. The lowest BCUT2D eigenvalue weighted by molar-refractivity contribution is 0.104. The van der Waals surface area contributed by atoms with Gasteiger partial charge in [-0.25, -0.2) is 8.78 Å². The van der Waals surface area contributed by atoms with Crippen molar-refractivity contribution in [1.29, 1.82) is 0 Å². The molecule has 0 amide bonds. The van der Waals surface area contributed by atoms with Gasteiger partial charge in [0, 0.05) is 17.8 Å². The van der Waals surface area contributed by atoms with Crippen LogP contribution in [0.4, 0.5) is 14.5 Å². The van der Waals surface area contributed by atoms with E-state index in [2.05, 4.69) is 5.32 Å². The average Bonchev–Trinajstić information content (AvgIpc) is 2.86. The Bertz CT molecular complexity index is 1230. The minimum absolute atomic E-state index is 0.00572.